The summed E-state index contributed by atoms with van der Waals surface area (Å²) in [5, 5.41) is 11.8. The van der Waals surface area contributed by atoms with Gasteiger partial charge in [0.2, 0.25) is 0 Å². The number of nitrogens with zero attached hydrogens (tertiary/aromatic N) is 1. The molecule has 116 valence electrons. The highest BCUT2D eigenvalue weighted by molar-refractivity contribution is 5.96. The van der Waals surface area contributed by atoms with Gasteiger partial charge in [0.15, 0.2) is 0 Å². The number of nitrogens with one attached hydrogen (secondary N) is 1. The summed E-state index contributed by atoms with van der Waals surface area (Å²) in [4.78, 5) is 22.9. The average Bonchev–Trinajstić information content (AvgIpc) is 2.90. The van der Waals surface area contributed by atoms with Crippen molar-refractivity contribution in [1.29, 1.82) is 0 Å². The van der Waals surface area contributed by atoms with Crippen LogP contribution in [0.2, 0.25) is 0 Å². The number of amides is 1. The number of rotatable bonds is 6. The summed E-state index contributed by atoms with van der Waals surface area (Å²) in [6.45, 7) is 1.96. The molecule has 0 aliphatic carbocycles. The van der Waals surface area contributed by atoms with Crippen molar-refractivity contribution < 1.29 is 14.7 Å². The molecule has 2 N–H and O–H groups in total. The van der Waals surface area contributed by atoms with Gasteiger partial charge in [-0.25, -0.2) is 4.79 Å². The molecule has 0 aliphatic heterocycles. The topological polar surface area (TPSA) is 71.3 Å². The molecule has 1 aromatic heterocycles. The summed E-state index contributed by atoms with van der Waals surface area (Å²) in [7, 11) is 2.00. The van der Waals surface area contributed by atoms with Crippen LogP contribution in [0.15, 0.2) is 42.6 Å². The van der Waals surface area contributed by atoms with E-state index in [2.05, 4.69) is 16.0 Å². The van der Waals surface area contributed by atoms with Gasteiger partial charge in [-0.2, -0.15) is 0 Å². The Hall–Kier alpha value is -2.56. The van der Waals surface area contributed by atoms with Crippen LogP contribution in [-0.4, -0.2) is 27.6 Å². The van der Waals surface area contributed by atoms with E-state index in [0.717, 1.165) is 12.8 Å². The molecule has 1 amide bonds. The molecular weight excluding hydrogens is 280 g/mol. The third-order valence-corrected chi connectivity index (χ3v) is 3.66. The Bertz CT molecular complexity index is 659. The second kappa shape index (κ2) is 6.93. The van der Waals surface area contributed by atoms with Crippen LogP contribution < -0.4 is 5.32 Å². The molecule has 2 rings (SSSR count). The normalized spacial score (nSPS) is 11.9. The van der Waals surface area contributed by atoms with E-state index in [-0.39, 0.29) is 17.5 Å². The monoisotopic (exact) mass is 300 g/mol. The molecule has 1 aromatic carbocycles. The van der Waals surface area contributed by atoms with Crippen LogP contribution >= 0.6 is 0 Å². The average molecular weight is 300 g/mol. The molecule has 0 saturated heterocycles. The fourth-order valence-electron chi connectivity index (χ4n) is 2.26. The van der Waals surface area contributed by atoms with E-state index in [1.807, 2.05) is 26.2 Å². The largest absolute Gasteiger partial charge is 0.478 e. The standard InChI is InChI=1S/C17H20N2O3/c1-12(5-10-15-4-3-11-19(15)2)18-16(20)13-6-8-14(9-7-13)17(21)22/h3-4,6-9,11-12H,5,10H2,1-2H3,(H,18,20)(H,21,22)/t12-/m1/s1. The summed E-state index contributed by atoms with van der Waals surface area (Å²) >= 11 is 0. The second-order valence-electron chi connectivity index (χ2n) is 5.41. The maximum Gasteiger partial charge on any atom is 0.335 e. The first-order chi connectivity index (χ1) is 10.5. The van der Waals surface area contributed by atoms with Gasteiger partial charge < -0.3 is 15.0 Å². The van der Waals surface area contributed by atoms with Crippen LogP contribution in [-0.2, 0) is 13.5 Å². The Balaban J connectivity index is 1.88. The molecule has 5 nitrogen and oxygen atoms in total. The van der Waals surface area contributed by atoms with Gasteiger partial charge in [0.1, 0.15) is 0 Å². The van der Waals surface area contributed by atoms with Crippen LogP contribution in [0.5, 0.6) is 0 Å². The number of aromatic nitrogens is 1. The lowest BCUT2D eigenvalue weighted by molar-refractivity contribution is 0.0696. The number of carbonyl (C=O) groups is 2. The molecule has 0 radical (unpaired) electrons. The van der Waals surface area contributed by atoms with Gasteiger partial charge in [-0.15, -0.1) is 0 Å². The van der Waals surface area contributed by atoms with Crippen molar-refractivity contribution in [3.8, 4) is 0 Å². The van der Waals surface area contributed by atoms with Crippen LogP contribution in [0, 0.1) is 0 Å². The SMILES string of the molecule is C[C@H](CCc1cccn1C)NC(=O)c1ccc(C(=O)O)cc1. The zero-order valence-electron chi connectivity index (χ0n) is 12.7. The highest BCUT2D eigenvalue weighted by Gasteiger charge is 2.11. The van der Waals surface area contributed by atoms with Crippen molar-refractivity contribution in [1.82, 2.24) is 9.88 Å². The molecule has 1 heterocycles. The second-order valence-corrected chi connectivity index (χ2v) is 5.41. The highest BCUT2D eigenvalue weighted by atomic mass is 16.4. The first kappa shape index (κ1) is 15.8. The van der Waals surface area contributed by atoms with E-state index in [1.54, 1.807) is 0 Å². The lowest BCUT2D eigenvalue weighted by Crippen LogP contribution is -2.33. The van der Waals surface area contributed by atoms with E-state index in [4.69, 9.17) is 5.11 Å². The first-order valence-corrected chi connectivity index (χ1v) is 7.22. The van der Waals surface area contributed by atoms with E-state index < -0.39 is 5.97 Å². The third-order valence-electron chi connectivity index (χ3n) is 3.66. The summed E-state index contributed by atoms with van der Waals surface area (Å²) in [5.41, 5.74) is 1.87. The molecule has 0 spiro atoms. The number of carboxylic acids is 1. The minimum Gasteiger partial charge on any atom is -0.478 e. The third kappa shape index (κ3) is 3.97. The molecule has 5 heteroatoms. The Morgan fingerprint density at radius 3 is 2.36 bits per heavy atom. The number of hydrogen-bond donors (Lipinski definition) is 2. The number of aryl methyl sites for hydroxylation is 2. The van der Waals surface area contributed by atoms with Crippen LogP contribution in [0.25, 0.3) is 0 Å². The molecular formula is C17H20N2O3. The summed E-state index contributed by atoms with van der Waals surface area (Å²) in [6.07, 6.45) is 3.74. The first-order valence-electron chi connectivity index (χ1n) is 7.22. The van der Waals surface area contributed by atoms with Gasteiger partial charge in [-0.3, -0.25) is 4.79 Å². The van der Waals surface area contributed by atoms with Crippen LogP contribution in [0.1, 0.15) is 39.8 Å². The van der Waals surface area contributed by atoms with E-state index >= 15 is 0 Å². The highest BCUT2D eigenvalue weighted by Crippen LogP contribution is 2.08. The van der Waals surface area contributed by atoms with E-state index in [9.17, 15) is 9.59 Å². The minimum absolute atomic E-state index is 0.0431. The van der Waals surface area contributed by atoms with Crippen molar-refractivity contribution >= 4 is 11.9 Å². The van der Waals surface area contributed by atoms with Gasteiger partial charge in [-0.05, 0) is 56.2 Å². The minimum atomic E-state index is -0.997. The van der Waals surface area contributed by atoms with Crippen LogP contribution in [0.4, 0.5) is 0 Å². The fourth-order valence-corrected chi connectivity index (χ4v) is 2.26. The molecule has 0 bridgehead atoms. The van der Waals surface area contributed by atoms with Crippen LogP contribution in [0.3, 0.4) is 0 Å². The molecule has 2 aromatic rings. The zero-order valence-corrected chi connectivity index (χ0v) is 12.7. The Labute approximate surface area is 129 Å². The van der Waals surface area contributed by atoms with Crippen molar-refractivity contribution in [2.75, 3.05) is 0 Å². The van der Waals surface area contributed by atoms with Crippen molar-refractivity contribution in [3.05, 3.63) is 59.4 Å². The summed E-state index contributed by atoms with van der Waals surface area (Å²) in [5.74, 6) is -1.18. The smallest absolute Gasteiger partial charge is 0.335 e. The van der Waals surface area contributed by atoms with Gasteiger partial charge in [0.05, 0.1) is 5.56 Å². The van der Waals surface area contributed by atoms with Crippen molar-refractivity contribution in [2.45, 2.75) is 25.8 Å². The predicted octanol–water partition coefficient (Wildman–Crippen LogP) is 2.47. The quantitative estimate of drug-likeness (QED) is 0.861. The maximum atomic E-state index is 12.1. The maximum absolute atomic E-state index is 12.1. The number of hydrogen-bond acceptors (Lipinski definition) is 2. The molecule has 0 aliphatic rings. The number of aromatic carboxylic acids is 1. The zero-order chi connectivity index (χ0) is 16.1. The number of benzene rings is 1. The number of carbonyl (C=O) groups excluding carboxylic acids is 1. The van der Waals surface area contributed by atoms with Gasteiger partial charge in [0.25, 0.3) is 5.91 Å². The summed E-state index contributed by atoms with van der Waals surface area (Å²) in [6, 6.07) is 10.0. The van der Waals surface area contributed by atoms with Gasteiger partial charge in [0, 0.05) is 30.5 Å². The predicted molar refractivity (Wildman–Crippen MR) is 84.1 cm³/mol. The number of carboxylic acid groups (broad SMARTS) is 1. The fraction of sp³-hybridized carbons (Fsp3) is 0.294. The van der Waals surface area contributed by atoms with Gasteiger partial charge >= 0.3 is 5.97 Å². The van der Waals surface area contributed by atoms with Crippen molar-refractivity contribution in [3.63, 3.8) is 0 Å². The van der Waals surface area contributed by atoms with E-state index in [0.29, 0.717) is 5.56 Å². The molecule has 22 heavy (non-hydrogen) atoms. The molecule has 0 saturated carbocycles. The Morgan fingerprint density at radius 2 is 1.82 bits per heavy atom. The molecule has 0 fully saturated rings. The Morgan fingerprint density at radius 1 is 1.18 bits per heavy atom. The lowest BCUT2D eigenvalue weighted by Gasteiger charge is -2.14. The Kier molecular flexibility index (Phi) is 4.99. The summed E-state index contributed by atoms with van der Waals surface area (Å²) < 4.78 is 2.07. The van der Waals surface area contributed by atoms with Gasteiger partial charge in [-0.1, -0.05) is 0 Å². The molecule has 1 atom stereocenters. The van der Waals surface area contributed by atoms with Crippen molar-refractivity contribution in [2.24, 2.45) is 7.05 Å². The van der Waals surface area contributed by atoms with E-state index in [1.165, 1.54) is 30.0 Å². The lowest BCUT2D eigenvalue weighted by atomic mass is 10.1. The molecule has 0 unspecified atom stereocenters.